The first-order valence-electron chi connectivity index (χ1n) is 6.97. The Labute approximate surface area is 121 Å². The van der Waals surface area contributed by atoms with Crippen molar-refractivity contribution in [1.29, 1.82) is 0 Å². The maximum Gasteiger partial charge on any atom is 0.122 e. The molecule has 0 fully saturated rings. The molecule has 4 nitrogen and oxygen atoms in total. The summed E-state index contributed by atoms with van der Waals surface area (Å²) in [4.78, 5) is 0. The van der Waals surface area contributed by atoms with E-state index in [0.29, 0.717) is 19.8 Å². The normalized spacial score (nSPS) is 10.4. The quantitative estimate of drug-likeness (QED) is 0.469. The third kappa shape index (κ3) is 7.28. The molecule has 1 N–H and O–H groups in total. The van der Waals surface area contributed by atoms with Crippen LogP contribution in [0.15, 0.2) is 36.9 Å². The van der Waals surface area contributed by atoms with Crippen LogP contribution in [0.2, 0.25) is 0 Å². The van der Waals surface area contributed by atoms with Gasteiger partial charge in [-0.25, -0.2) is 0 Å². The highest BCUT2D eigenvalue weighted by molar-refractivity contribution is 5.34. The number of nitrogens with one attached hydrogen (secondary N) is 1. The van der Waals surface area contributed by atoms with Crippen molar-refractivity contribution in [2.75, 3.05) is 46.6 Å². The first kappa shape index (κ1) is 16.7. The Morgan fingerprint density at radius 3 is 2.70 bits per heavy atom. The highest BCUT2D eigenvalue weighted by atomic mass is 16.5. The third-order valence-electron chi connectivity index (χ3n) is 2.73. The summed E-state index contributed by atoms with van der Waals surface area (Å²) in [7, 11) is 1.69. The molecule has 0 aliphatic rings. The van der Waals surface area contributed by atoms with Gasteiger partial charge < -0.3 is 19.5 Å². The number of rotatable bonds is 12. The van der Waals surface area contributed by atoms with Crippen molar-refractivity contribution in [1.82, 2.24) is 5.32 Å². The molecule has 0 saturated heterocycles. The lowest BCUT2D eigenvalue weighted by molar-refractivity contribution is 0.1000. The molecule has 0 aliphatic heterocycles. The van der Waals surface area contributed by atoms with E-state index in [4.69, 9.17) is 14.2 Å². The lowest BCUT2D eigenvalue weighted by Gasteiger charge is -2.10. The van der Waals surface area contributed by atoms with Crippen LogP contribution in [0.25, 0.3) is 0 Å². The van der Waals surface area contributed by atoms with Crippen LogP contribution in [-0.4, -0.2) is 46.6 Å². The number of allylic oxidation sites excluding steroid dienone is 1. The summed E-state index contributed by atoms with van der Waals surface area (Å²) in [6.07, 6.45) is 2.70. The smallest absolute Gasteiger partial charge is 0.122 e. The van der Waals surface area contributed by atoms with Gasteiger partial charge in [-0.3, -0.25) is 0 Å². The summed E-state index contributed by atoms with van der Waals surface area (Å²) in [5, 5.41) is 3.22. The molecule has 20 heavy (non-hydrogen) atoms. The number of hydrogen-bond acceptors (Lipinski definition) is 4. The van der Waals surface area contributed by atoms with Crippen molar-refractivity contribution in [3.63, 3.8) is 0 Å². The molecule has 0 aliphatic carbocycles. The highest BCUT2D eigenvalue weighted by Crippen LogP contribution is 2.18. The van der Waals surface area contributed by atoms with E-state index in [1.165, 1.54) is 0 Å². The van der Waals surface area contributed by atoms with E-state index in [2.05, 4.69) is 18.0 Å². The standard InChI is InChI=1S/C16H25NO3/c1-3-6-15-7-4-5-8-16(15)20-14-13-19-12-10-17-9-11-18-2/h3-5,7-8,17H,1,6,9-14H2,2H3. The maximum atomic E-state index is 5.72. The van der Waals surface area contributed by atoms with E-state index in [-0.39, 0.29) is 0 Å². The minimum atomic E-state index is 0.562. The molecule has 0 radical (unpaired) electrons. The van der Waals surface area contributed by atoms with Crippen LogP contribution < -0.4 is 10.1 Å². The van der Waals surface area contributed by atoms with Crippen LogP contribution in [0.3, 0.4) is 0 Å². The largest absolute Gasteiger partial charge is 0.491 e. The van der Waals surface area contributed by atoms with Crippen LogP contribution in [0.1, 0.15) is 5.56 Å². The number of benzene rings is 1. The molecule has 1 aromatic carbocycles. The van der Waals surface area contributed by atoms with Crippen LogP contribution in [0.5, 0.6) is 5.75 Å². The Morgan fingerprint density at radius 1 is 1.10 bits per heavy atom. The predicted octanol–water partition coefficient (Wildman–Crippen LogP) is 2.05. The Kier molecular flexibility index (Phi) is 9.57. The van der Waals surface area contributed by atoms with Gasteiger partial charge in [-0.05, 0) is 18.1 Å². The van der Waals surface area contributed by atoms with E-state index in [9.17, 15) is 0 Å². The summed E-state index contributed by atoms with van der Waals surface area (Å²) >= 11 is 0. The molecule has 0 spiro atoms. The fraction of sp³-hybridized carbons (Fsp3) is 0.500. The fourth-order valence-electron chi connectivity index (χ4n) is 1.72. The fourth-order valence-corrected chi connectivity index (χ4v) is 1.72. The van der Waals surface area contributed by atoms with Gasteiger partial charge in [0.15, 0.2) is 0 Å². The number of hydrogen-bond donors (Lipinski definition) is 1. The van der Waals surface area contributed by atoms with Gasteiger partial charge in [0.05, 0.1) is 19.8 Å². The van der Waals surface area contributed by atoms with Crippen LogP contribution in [0, 0.1) is 0 Å². The van der Waals surface area contributed by atoms with Gasteiger partial charge >= 0.3 is 0 Å². The van der Waals surface area contributed by atoms with Crippen molar-refractivity contribution in [3.05, 3.63) is 42.5 Å². The molecule has 0 amide bonds. The molecule has 112 valence electrons. The minimum Gasteiger partial charge on any atom is -0.491 e. The van der Waals surface area contributed by atoms with E-state index in [1.54, 1.807) is 7.11 Å². The molecule has 0 saturated carbocycles. The second-order valence-electron chi connectivity index (χ2n) is 4.30. The highest BCUT2D eigenvalue weighted by Gasteiger charge is 2.00. The van der Waals surface area contributed by atoms with E-state index < -0.39 is 0 Å². The number of ether oxygens (including phenoxy) is 3. The first-order valence-corrected chi connectivity index (χ1v) is 6.97. The van der Waals surface area contributed by atoms with Crippen molar-refractivity contribution < 1.29 is 14.2 Å². The summed E-state index contributed by atoms with van der Waals surface area (Å²) in [5.74, 6) is 0.911. The minimum absolute atomic E-state index is 0.562. The Bertz CT molecular complexity index is 368. The van der Waals surface area contributed by atoms with Crippen LogP contribution in [0.4, 0.5) is 0 Å². The topological polar surface area (TPSA) is 39.7 Å². The molecule has 0 bridgehead atoms. The second kappa shape index (κ2) is 11.5. The van der Waals surface area contributed by atoms with Gasteiger partial charge in [0.2, 0.25) is 0 Å². The second-order valence-corrected chi connectivity index (χ2v) is 4.30. The lowest BCUT2D eigenvalue weighted by atomic mass is 10.1. The molecule has 1 aromatic rings. The van der Waals surface area contributed by atoms with Gasteiger partial charge in [0.1, 0.15) is 12.4 Å². The van der Waals surface area contributed by atoms with Gasteiger partial charge in [-0.15, -0.1) is 6.58 Å². The zero-order valence-corrected chi connectivity index (χ0v) is 12.3. The summed E-state index contributed by atoms with van der Waals surface area (Å²) < 4.78 is 16.1. The SMILES string of the molecule is C=CCc1ccccc1OCCOCCNCCOC. The van der Waals surface area contributed by atoms with Crippen LogP contribution in [-0.2, 0) is 15.9 Å². The van der Waals surface area contributed by atoms with Crippen LogP contribution >= 0.6 is 0 Å². The molecule has 0 atom stereocenters. The van der Waals surface area contributed by atoms with Gasteiger partial charge in [-0.1, -0.05) is 24.3 Å². The zero-order chi connectivity index (χ0) is 14.5. The average molecular weight is 279 g/mol. The third-order valence-corrected chi connectivity index (χ3v) is 2.73. The van der Waals surface area contributed by atoms with E-state index in [0.717, 1.165) is 37.4 Å². The number of para-hydroxylation sites is 1. The molecule has 1 rings (SSSR count). The Hall–Kier alpha value is -1.36. The Morgan fingerprint density at radius 2 is 1.90 bits per heavy atom. The molecule has 0 aromatic heterocycles. The van der Waals surface area contributed by atoms with Crippen molar-refractivity contribution in [2.45, 2.75) is 6.42 Å². The van der Waals surface area contributed by atoms with Crippen molar-refractivity contribution in [3.8, 4) is 5.75 Å². The van der Waals surface area contributed by atoms with Gasteiger partial charge in [0, 0.05) is 20.2 Å². The Balaban J connectivity index is 2.08. The molecule has 0 heterocycles. The predicted molar refractivity (Wildman–Crippen MR) is 81.4 cm³/mol. The number of methoxy groups -OCH3 is 1. The molecule has 4 heteroatoms. The van der Waals surface area contributed by atoms with Crippen molar-refractivity contribution >= 4 is 0 Å². The van der Waals surface area contributed by atoms with E-state index in [1.807, 2.05) is 24.3 Å². The van der Waals surface area contributed by atoms with Crippen molar-refractivity contribution in [2.24, 2.45) is 0 Å². The lowest BCUT2D eigenvalue weighted by Crippen LogP contribution is -2.24. The molecule has 0 unspecified atom stereocenters. The maximum absolute atomic E-state index is 5.72. The van der Waals surface area contributed by atoms with Gasteiger partial charge in [0.25, 0.3) is 0 Å². The summed E-state index contributed by atoms with van der Waals surface area (Å²) in [5.41, 5.74) is 1.16. The average Bonchev–Trinajstić information content (AvgIpc) is 2.47. The first-order chi connectivity index (χ1) is 9.88. The summed E-state index contributed by atoms with van der Waals surface area (Å²) in [6.45, 7) is 8.00. The summed E-state index contributed by atoms with van der Waals surface area (Å²) in [6, 6.07) is 8.01. The molecular weight excluding hydrogens is 254 g/mol. The molecular formula is C16H25NO3. The van der Waals surface area contributed by atoms with E-state index >= 15 is 0 Å². The zero-order valence-electron chi connectivity index (χ0n) is 12.3. The van der Waals surface area contributed by atoms with Gasteiger partial charge in [-0.2, -0.15) is 0 Å². The monoisotopic (exact) mass is 279 g/mol.